The van der Waals surface area contributed by atoms with Crippen molar-refractivity contribution < 1.29 is 14.6 Å². The molecule has 2 aromatic rings. The van der Waals surface area contributed by atoms with Gasteiger partial charge in [0.15, 0.2) is 11.5 Å². The van der Waals surface area contributed by atoms with Crippen LogP contribution in [0.3, 0.4) is 0 Å². The summed E-state index contributed by atoms with van der Waals surface area (Å²) >= 11 is 0. The second-order valence-corrected chi connectivity index (χ2v) is 4.22. The van der Waals surface area contributed by atoms with Crippen molar-refractivity contribution in [2.75, 3.05) is 7.11 Å². The van der Waals surface area contributed by atoms with Gasteiger partial charge in [0.1, 0.15) is 0 Å². The van der Waals surface area contributed by atoms with E-state index in [0.29, 0.717) is 17.0 Å². The summed E-state index contributed by atoms with van der Waals surface area (Å²) in [5, 5.41) is 12.3. The van der Waals surface area contributed by atoms with E-state index < -0.39 is 0 Å². The lowest BCUT2D eigenvalue weighted by molar-refractivity contribution is 0.0950. The van der Waals surface area contributed by atoms with Gasteiger partial charge >= 0.3 is 0 Å². The number of hydrogen-bond acceptors (Lipinski definition) is 5. The van der Waals surface area contributed by atoms with Crippen molar-refractivity contribution in [2.24, 2.45) is 0 Å². The molecule has 1 amide bonds. The standard InChI is InChI=1S/C14H15N3O3/c1-9-6-16-11(7-15-9)8-17-14(19)10-3-4-13(20-2)12(18)5-10/h3-7,18H,8H2,1-2H3,(H,17,19). The van der Waals surface area contributed by atoms with Crippen LogP contribution in [0.25, 0.3) is 0 Å². The number of hydrogen-bond donors (Lipinski definition) is 2. The van der Waals surface area contributed by atoms with Crippen LogP contribution in [0, 0.1) is 6.92 Å². The highest BCUT2D eigenvalue weighted by atomic mass is 16.5. The quantitative estimate of drug-likeness (QED) is 0.880. The summed E-state index contributed by atoms with van der Waals surface area (Å²) in [5.74, 6) is -0.0495. The summed E-state index contributed by atoms with van der Waals surface area (Å²) in [6.07, 6.45) is 3.25. The van der Waals surface area contributed by atoms with Crippen LogP contribution in [0.4, 0.5) is 0 Å². The molecule has 0 atom stereocenters. The Labute approximate surface area is 116 Å². The zero-order valence-electron chi connectivity index (χ0n) is 11.3. The molecule has 1 heterocycles. The molecule has 0 radical (unpaired) electrons. The number of nitrogens with zero attached hydrogens (tertiary/aromatic N) is 2. The minimum Gasteiger partial charge on any atom is -0.504 e. The van der Waals surface area contributed by atoms with E-state index in [-0.39, 0.29) is 18.2 Å². The first kappa shape index (κ1) is 13.8. The maximum absolute atomic E-state index is 11.9. The molecule has 20 heavy (non-hydrogen) atoms. The lowest BCUT2D eigenvalue weighted by Gasteiger charge is -2.07. The Bertz CT molecular complexity index is 612. The first-order valence-corrected chi connectivity index (χ1v) is 6.03. The Balaban J connectivity index is 2.01. The number of aromatic hydroxyl groups is 1. The smallest absolute Gasteiger partial charge is 0.251 e. The highest BCUT2D eigenvalue weighted by molar-refractivity contribution is 5.94. The van der Waals surface area contributed by atoms with E-state index in [1.165, 1.54) is 19.2 Å². The zero-order valence-corrected chi connectivity index (χ0v) is 11.3. The number of phenols is 1. The van der Waals surface area contributed by atoms with Crippen LogP contribution in [0.1, 0.15) is 21.7 Å². The minimum atomic E-state index is -0.301. The topological polar surface area (TPSA) is 84.3 Å². The fraction of sp³-hybridized carbons (Fsp3) is 0.214. The molecule has 6 nitrogen and oxygen atoms in total. The fourth-order valence-electron chi connectivity index (χ4n) is 1.61. The van der Waals surface area contributed by atoms with Gasteiger partial charge in [-0.1, -0.05) is 0 Å². The molecule has 0 aliphatic heterocycles. The Kier molecular flexibility index (Phi) is 4.14. The molecule has 0 aliphatic carbocycles. The summed E-state index contributed by atoms with van der Waals surface area (Å²) in [4.78, 5) is 20.2. The maximum Gasteiger partial charge on any atom is 0.251 e. The Hall–Kier alpha value is -2.63. The molecule has 0 saturated heterocycles. The second kappa shape index (κ2) is 6.01. The molecule has 0 spiro atoms. The number of carbonyl (C=O) groups excluding carboxylic acids is 1. The molecule has 0 saturated carbocycles. The molecule has 6 heteroatoms. The largest absolute Gasteiger partial charge is 0.504 e. The van der Waals surface area contributed by atoms with E-state index in [9.17, 15) is 9.90 Å². The highest BCUT2D eigenvalue weighted by Gasteiger charge is 2.09. The van der Waals surface area contributed by atoms with Gasteiger partial charge in [-0.05, 0) is 25.1 Å². The summed E-state index contributed by atoms with van der Waals surface area (Å²) in [6, 6.07) is 4.47. The maximum atomic E-state index is 11.9. The van der Waals surface area contributed by atoms with Gasteiger partial charge in [0.05, 0.1) is 31.2 Å². The van der Waals surface area contributed by atoms with E-state index in [2.05, 4.69) is 15.3 Å². The number of phenolic OH excluding ortho intramolecular Hbond substituents is 1. The van der Waals surface area contributed by atoms with Crippen molar-refractivity contribution in [2.45, 2.75) is 13.5 Å². The van der Waals surface area contributed by atoms with Crippen LogP contribution in [-0.4, -0.2) is 28.1 Å². The third-order valence-corrected chi connectivity index (χ3v) is 2.71. The summed E-state index contributed by atoms with van der Waals surface area (Å²) in [6.45, 7) is 2.12. The van der Waals surface area contributed by atoms with Gasteiger partial charge in [0, 0.05) is 11.8 Å². The average molecular weight is 273 g/mol. The zero-order chi connectivity index (χ0) is 14.5. The van der Waals surface area contributed by atoms with Crippen LogP contribution >= 0.6 is 0 Å². The Morgan fingerprint density at radius 1 is 1.35 bits per heavy atom. The van der Waals surface area contributed by atoms with Crippen molar-refractivity contribution in [3.05, 3.63) is 47.5 Å². The van der Waals surface area contributed by atoms with Gasteiger partial charge in [-0.3, -0.25) is 14.8 Å². The van der Waals surface area contributed by atoms with E-state index in [1.807, 2.05) is 6.92 Å². The number of methoxy groups -OCH3 is 1. The molecule has 1 aromatic heterocycles. The van der Waals surface area contributed by atoms with Crippen LogP contribution < -0.4 is 10.1 Å². The fourth-order valence-corrected chi connectivity index (χ4v) is 1.61. The molecule has 0 bridgehead atoms. The summed E-state index contributed by atoms with van der Waals surface area (Å²) in [5.41, 5.74) is 1.84. The van der Waals surface area contributed by atoms with Gasteiger partial charge in [0.25, 0.3) is 5.91 Å². The van der Waals surface area contributed by atoms with Gasteiger partial charge < -0.3 is 15.2 Å². The van der Waals surface area contributed by atoms with Crippen LogP contribution in [0.2, 0.25) is 0 Å². The van der Waals surface area contributed by atoms with Gasteiger partial charge in [-0.15, -0.1) is 0 Å². The average Bonchev–Trinajstić information content (AvgIpc) is 2.46. The third kappa shape index (κ3) is 3.23. The molecule has 2 rings (SSSR count). The van der Waals surface area contributed by atoms with Crippen molar-refractivity contribution in [1.82, 2.24) is 15.3 Å². The van der Waals surface area contributed by atoms with E-state index in [0.717, 1.165) is 5.69 Å². The molecule has 1 aromatic carbocycles. The molecule has 0 aliphatic rings. The molecule has 0 fully saturated rings. The SMILES string of the molecule is COc1ccc(C(=O)NCc2cnc(C)cn2)cc1O. The Morgan fingerprint density at radius 3 is 2.75 bits per heavy atom. The number of amides is 1. The van der Waals surface area contributed by atoms with E-state index in [1.54, 1.807) is 18.5 Å². The number of carbonyl (C=O) groups is 1. The number of rotatable bonds is 4. The van der Waals surface area contributed by atoms with Crippen molar-refractivity contribution in [3.63, 3.8) is 0 Å². The monoisotopic (exact) mass is 273 g/mol. The number of aryl methyl sites for hydroxylation is 1. The second-order valence-electron chi connectivity index (χ2n) is 4.22. The molecule has 0 unspecified atom stereocenters. The van der Waals surface area contributed by atoms with Crippen LogP contribution in [-0.2, 0) is 6.54 Å². The van der Waals surface area contributed by atoms with Crippen molar-refractivity contribution >= 4 is 5.91 Å². The number of benzene rings is 1. The molecule has 2 N–H and O–H groups in total. The lowest BCUT2D eigenvalue weighted by Crippen LogP contribution is -2.23. The molecule has 104 valence electrons. The summed E-state index contributed by atoms with van der Waals surface area (Å²) < 4.78 is 4.92. The third-order valence-electron chi connectivity index (χ3n) is 2.71. The Morgan fingerprint density at radius 2 is 2.15 bits per heavy atom. The molecular formula is C14H15N3O3. The first-order chi connectivity index (χ1) is 9.60. The first-order valence-electron chi connectivity index (χ1n) is 6.03. The van der Waals surface area contributed by atoms with Crippen LogP contribution in [0.15, 0.2) is 30.6 Å². The highest BCUT2D eigenvalue weighted by Crippen LogP contribution is 2.26. The van der Waals surface area contributed by atoms with Gasteiger partial charge in [-0.2, -0.15) is 0 Å². The predicted molar refractivity (Wildman–Crippen MR) is 72.6 cm³/mol. The van der Waals surface area contributed by atoms with E-state index >= 15 is 0 Å². The normalized spacial score (nSPS) is 10.1. The molecular weight excluding hydrogens is 258 g/mol. The van der Waals surface area contributed by atoms with Gasteiger partial charge in [-0.25, -0.2) is 0 Å². The van der Waals surface area contributed by atoms with Crippen molar-refractivity contribution in [1.29, 1.82) is 0 Å². The lowest BCUT2D eigenvalue weighted by atomic mass is 10.2. The number of aromatic nitrogens is 2. The number of nitrogens with one attached hydrogen (secondary N) is 1. The van der Waals surface area contributed by atoms with Crippen LogP contribution in [0.5, 0.6) is 11.5 Å². The van der Waals surface area contributed by atoms with Gasteiger partial charge in [0.2, 0.25) is 0 Å². The van der Waals surface area contributed by atoms with Crippen molar-refractivity contribution in [3.8, 4) is 11.5 Å². The number of ether oxygens (including phenoxy) is 1. The predicted octanol–water partition coefficient (Wildman–Crippen LogP) is 1.43. The minimum absolute atomic E-state index is 0.0738. The van der Waals surface area contributed by atoms with E-state index in [4.69, 9.17) is 4.74 Å². The summed E-state index contributed by atoms with van der Waals surface area (Å²) in [7, 11) is 1.45.